The summed E-state index contributed by atoms with van der Waals surface area (Å²) < 4.78 is 0. The van der Waals surface area contributed by atoms with E-state index in [9.17, 15) is 5.21 Å². The van der Waals surface area contributed by atoms with E-state index in [1.807, 2.05) is 6.92 Å². The van der Waals surface area contributed by atoms with E-state index in [1.165, 1.54) is 0 Å². The normalized spacial score (nSPS) is 15.3. The Morgan fingerprint density at radius 2 is 1.90 bits per heavy atom. The van der Waals surface area contributed by atoms with E-state index in [2.05, 4.69) is 0 Å². The summed E-state index contributed by atoms with van der Waals surface area (Å²) in [6.45, 7) is 3.66. The lowest BCUT2D eigenvalue weighted by molar-refractivity contribution is -1.23. The lowest BCUT2D eigenvalue weighted by atomic mass is 10.1. The van der Waals surface area contributed by atoms with Crippen molar-refractivity contribution in [3.8, 4) is 0 Å². The molecule has 0 rings (SSSR count). The van der Waals surface area contributed by atoms with Gasteiger partial charge in [-0.2, -0.15) is 10.4 Å². The summed E-state index contributed by atoms with van der Waals surface area (Å²) in [5.41, 5.74) is 0. The predicted molar refractivity (Wildman–Crippen MR) is 36.2 cm³/mol. The average molecular weight is 149 g/mol. The Labute approximate surface area is 60.8 Å². The van der Waals surface area contributed by atoms with Gasteiger partial charge in [0.15, 0.2) is 6.04 Å². The molecule has 4 nitrogen and oxygen atoms in total. The minimum Gasteiger partial charge on any atom is -0.564 e. The summed E-state index contributed by atoms with van der Waals surface area (Å²) >= 11 is 0. The Morgan fingerprint density at radius 1 is 1.40 bits per heavy atom. The van der Waals surface area contributed by atoms with E-state index in [0.29, 0.717) is 12.8 Å². The van der Waals surface area contributed by atoms with Crippen LogP contribution in [0.2, 0.25) is 0 Å². The zero-order chi connectivity index (χ0) is 8.20. The van der Waals surface area contributed by atoms with Crippen molar-refractivity contribution in [3.63, 3.8) is 0 Å². The van der Waals surface area contributed by atoms with Crippen LogP contribution in [0.4, 0.5) is 0 Å². The maximum atomic E-state index is 10.5. The van der Waals surface area contributed by atoms with Crippen LogP contribution in [0.3, 0.4) is 0 Å². The molecule has 0 aromatic heterocycles. The Morgan fingerprint density at radius 3 is 2.00 bits per heavy atom. The number of quaternary nitrogens is 1. The first-order chi connectivity index (χ1) is 4.52. The molecule has 2 N–H and O–H groups in total. The molecule has 0 amide bonds. The summed E-state index contributed by atoms with van der Waals surface area (Å²) in [6.07, 6.45) is 1.83. The number of hydrogen-bond acceptors (Lipinski definition) is 3. The van der Waals surface area contributed by atoms with Crippen LogP contribution in [-0.2, 0) is 0 Å². The third kappa shape index (κ3) is 3.12. The van der Waals surface area contributed by atoms with Gasteiger partial charge in [0, 0.05) is 12.8 Å². The molecule has 0 aromatic rings. The Bertz CT molecular complexity index is 89.5. The van der Waals surface area contributed by atoms with E-state index >= 15 is 0 Å². The topological polar surface area (TPSA) is 63.5 Å². The minimum absolute atomic E-state index is 0.490. The first kappa shape index (κ1) is 9.84. The quantitative estimate of drug-likeness (QED) is 0.472. The van der Waals surface area contributed by atoms with Crippen molar-refractivity contribution >= 4 is 0 Å². The molecular weight excluding hydrogens is 134 g/mol. The monoisotopic (exact) mass is 149 g/mol. The van der Waals surface area contributed by atoms with Crippen molar-refractivity contribution in [2.24, 2.45) is 0 Å². The molecule has 10 heavy (non-hydrogen) atoms. The van der Waals surface area contributed by atoms with Gasteiger partial charge in [0.1, 0.15) is 0 Å². The van der Waals surface area contributed by atoms with Crippen LogP contribution in [-0.4, -0.2) is 21.4 Å². The van der Waals surface area contributed by atoms with E-state index in [4.69, 9.17) is 10.4 Å². The Balaban J connectivity index is 3.81. The highest BCUT2D eigenvalue weighted by molar-refractivity contribution is 4.51. The third-order valence-corrected chi connectivity index (χ3v) is 1.57. The molecule has 62 valence electrons. The zero-order valence-corrected chi connectivity index (χ0v) is 6.45. The summed E-state index contributed by atoms with van der Waals surface area (Å²) in [7, 11) is 0. The van der Waals surface area contributed by atoms with Crippen molar-refractivity contribution in [2.45, 2.75) is 39.2 Å². The zero-order valence-electron chi connectivity index (χ0n) is 6.45. The molecule has 0 bridgehead atoms. The summed E-state index contributed by atoms with van der Waals surface area (Å²) in [5, 5.41) is 27.6. The molecule has 0 spiro atoms. The fraction of sp³-hybridized carbons (Fsp3) is 1.00. The molecule has 0 aliphatic heterocycles. The van der Waals surface area contributed by atoms with Gasteiger partial charge in [-0.15, -0.1) is 0 Å². The maximum Gasteiger partial charge on any atom is 0.151 e. The summed E-state index contributed by atoms with van der Waals surface area (Å²) in [4.78, 5) is -2.13. The van der Waals surface area contributed by atoms with E-state index in [1.54, 1.807) is 6.92 Å². The van der Waals surface area contributed by atoms with Gasteiger partial charge < -0.3 is 5.21 Å². The number of rotatable bonds is 4. The highest BCUT2D eigenvalue weighted by atomic mass is 17.1. The average Bonchev–Trinajstić information content (AvgIpc) is 1.80. The van der Waals surface area contributed by atoms with Gasteiger partial charge in [-0.3, -0.25) is 0 Å². The molecule has 0 aliphatic carbocycles. The highest BCUT2D eigenvalue weighted by Gasteiger charge is 2.23. The molecule has 4 heteroatoms. The molecule has 0 aliphatic rings. The van der Waals surface area contributed by atoms with Crippen LogP contribution in [0.5, 0.6) is 0 Å². The first-order valence-electron chi connectivity index (χ1n) is 3.57. The number of hydroxylamine groups is 3. The van der Waals surface area contributed by atoms with Crippen LogP contribution in [0.15, 0.2) is 0 Å². The number of nitrogens with zero attached hydrogens (tertiary/aromatic N) is 1. The fourth-order valence-corrected chi connectivity index (χ4v) is 0.943. The molecule has 0 aromatic carbocycles. The molecule has 0 saturated heterocycles. The van der Waals surface area contributed by atoms with Gasteiger partial charge in [0.25, 0.3) is 0 Å². The summed E-state index contributed by atoms with van der Waals surface area (Å²) in [5.74, 6) is 0. The highest BCUT2D eigenvalue weighted by Crippen LogP contribution is 2.12. The third-order valence-electron chi connectivity index (χ3n) is 1.57. The van der Waals surface area contributed by atoms with Crippen molar-refractivity contribution in [2.75, 3.05) is 0 Å². The summed E-state index contributed by atoms with van der Waals surface area (Å²) in [6, 6.07) is -0.593. The largest absolute Gasteiger partial charge is 0.564 e. The van der Waals surface area contributed by atoms with Crippen molar-refractivity contribution < 1.29 is 15.4 Å². The number of hydrogen-bond donors (Lipinski definition) is 2. The SMILES string of the molecule is CCCC(CC)[N+]([O-])(O)O. The molecule has 1 unspecified atom stereocenters. The minimum atomic E-state index is -2.13. The lowest BCUT2D eigenvalue weighted by Gasteiger charge is -2.31. The van der Waals surface area contributed by atoms with E-state index in [0.717, 1.165) is 6.42 Å². The van der Waals surface area contributed by atoms with Crippen LogP contribution in [0.1, 0.15) is 33.1 Å². The van der Waals surface area contributed by atoms with Crippen LogP contribution in [0.25, 0.3) is 0 Å². The van der Waals surface area contributed by atoms with Crippen LogP contribution >= 0.6 is 0 Å². The lowest BCUT2D eigenvalue weighted by Crippen LogP contribution is -2.44. The molecule has 1 atom stereocenters. The second-order valence-electron chi connectivity index (χ2n) is 2.44. The van der Waals surface area contributed by atoms with Crippen LogP contribution < -0.4 is 0 Å². The van der Waals surface area contributed by atoms with Gasteiger partial charge in [-0.1, -0.05) is 25.2 Å². The Hall–Kier alpha value is -0.160. The van der Waals surface area contributed by atoms with Crippen molar-refractivity contribution in [1.82, 2.24) is 0 Å². The molecule has 0 heterocycles. The predicted octanol–water partition coefficient (Wildman–Crippen LogP) is 1.66. The van der Waals surface area contributed by atoms with Gasteiger partial charge in [-0.25, -0.2) is 0 Å². The van der Waals surface area contributed by atoms with E-state index in [-0.39, 0.29) is 0 Å². The Kier molecular flexibility index (Phi) is 3.81. The van der Waals surface area contributed by atoms with E-state index < -0.39 is 11.0 Å². The molecule has 0 radical (unpaired) electrons. The smallest absolute Gasteiger partial charge is 0.151 e. The molecular formula is C6H15NO3. The second kappa shape index (κ2) is 3.88. The standard InChI is InChI=1S/C6H15NO3/c1-3-5-6(4-2)7(8,9)10/h6,8-9H,3-5H2,1-2H3. The first-order valence-corrected chi connectivity index (χ1v) is 3.57. The van der Waals surface area contributed by atoms with Gasteiger partial charge in [-0.05, 0) is 0 Å². The second-order valence-corrected chi connectivity index (χ2v) is 2.44. The van der Waals surface area contributed by atoms with Gasteiger partial charge in [0.05, 0.1) is 0 Å². The van der Waals surface area contributed by atoms with Crippen molar-refractivity contribution in [1.29, 1.82) is 0 Å². The van der Waals surface area contributed by atoms with Crippen LogP contribution in [0, 0.1) is 5.21 Å². The van der Waals surface area contributed by atoms with Crippen molar-refractivity contribution in [3.05, 3.63) is 5.21 Å². The molecule has 0 saturated carbocycles. The maximum absolute atomic E-state index is 10.5. The van der Waals surface area contributed by atoms with Gasteiger partial charge >= 0.3 is 0 Å². The fourth-order valence-electron chi connectivity index (χ4n) is 0.943. The van der Waals surface area contributed by atoms with Gasteiger partial charge in [0.2, 0.25) is 0 Å². The molecule has 0 fully saturated rings.